The number of carbonyl (C=O) groups is 2. The maximum atomic E-state index is 12.6. The van der Waals surface area contributed by atoms with Crippen molar-refractivity contribution in [3.05, 3.63) is 33.1 Å². The number of urea groups is 1. The summed E-state index contributed by atoms with van der Waals surface area (Å²) in [6.45, 7) is 3.48. The molecule has 2 aromatic rings. The van der Waals surface area contributed by atoms with E-state index in [-0.39, 0.29) is 18.3 Å². The highest BCUT2D eigenvalue weighted by molar-refractivity contribution is 7.16. The van der Waals surface area contributed by atoms with Gasteiger partial charge >= 0.3 is 6.03 Å². The zero-order valence-corrected chi connectivity index (χ0v) is 13.5. The Morgan fingerprint density at radius 1 is 1.36 bits per heavy atom. The molecule has 116 valence electrons. The summed E-state index contributed by atoms with van der Waals surface area (Å²) in [6.07, 6.45) is 0.596. The van der Waals surface area contributed by atoms with Gasteiger partial charge in [-0.3, -0.25) is 9.69 Å². The number of amides is 3. The van der Waals surface area contributed by atoms with E-state index in [2.05, 4.69) is 15.5 Å². The minimum absolute atomic E-state index is 0.0492. The lowest BCUT2D eigenvalue weighted by Crippen LogP contribution is -2.40. The molecule has 1 saturated heterocycles. The molecule has 1 aliphatic heterocycles. The van der Waals surface area contributed by atoms with Crippen LogP contribution in [0.3, 0.4) is 0 Å². The van der Waals surface area contributed by atoms with Gasteiger partial charge in [0.2, 0.25) is 11.8 Å². The first-order valence-corrected chi connectivity index (χ1v) is 7.84. The fourth-order valence-electron chi connectivity index (χ4n) is 2.22. The SMILES string of the molecule is CCc1nnc(CN2C(=O)NC(C)(c3ccc(Cl)s3)C2=O)o1. The number of carbonyl (C=O) groups excluding carboxylic acids is 2. The molecule has 22 heavy (non-hydrogen) atoms. The molecule has 3 rings (SSSR count). The Balaban J connectivity index is 1.85. The molecule has 0 saturated carbocycles. The fraction of sp³-hybridized carbons (Fsp3) is 0.385. The predicted octanol–water partition coefficient (Wildman–Crippen LogP) is 2.31. The average molecular weight is 341 g/mol. The molecule has 1 fully saturated rings. The lowest BCUT2D eigenvalue weighted by Gasteiger charge is -2.19. The summed E-state index contributed by atoms with van der Waals surface area (Å²) in [4.78, 5) is 26.5. The van der Waals surface area contributed by atoms with Crippen molar-refractivity contribution in [2.24, 2.45) is 0 Å². The van der Waals surface area contributed by atoms with Crippen LogP contribution in [0.5, 0.6) is 0 Å². The zero-order valence-electron chi connectivity index (χ0n) is 11.9. The fourth-order valence-corrected chi connectivity index (χ4v) is 3.36. The highest BCUT2D eigenvalue weighted by atomic mass is 35.5. The van der Waals surface area contributed by atoms with Crippen molar-refractivity contribution in [3.63, 3.8) is 0 Å². The molecule has 3 heterocycles. The van der Waals surface area contributed by atoms with Crippen molar-refractivity contribution in [2.45, 2.75) is 32.4 Å². The molecule has 0 aliphatic carbocycles. The first kappa shape index (κ1) is 15.0. The van der Waals surface area contributed by atoms with Crippen LogP contribution < -0.4 is 5.32 Å². The Labute approximate surface area is 135 Å². The molecule has 0 bridgehead atoms. The number of hydrogen-bond acceptors (Lipinski definition) is 6. The van der Waals surface area contributed by atoms with Crippen LogP contribution in [-0.4, -0.2) is 27.0 Å². The third-order valence-corrected chi connectivity index (χ3v) is 4.90. The summed E-state index contributed by atoms with van der Waals surface area (Å²) in [5.74, 6) is 0.330. The van der Waals surface area contributed by atoms with Gasteiger partial charge < -0.3 is 9.73 Å². The molecule has 1 unspecified atom stereocenters. The number of thiophene rings is 1. The second-order valence-corrected chi connectivity index (χ2v) is 6.71. The van der Waals surface area contributed by atoms with Crippen molar-refractivity contribution >= 4 is 34.9 Å². The summed E-state index contributed by atoms with van der Waals surface area (Å²) >= 11 is 7.17. The highest BCUT2D eigenvalue weighted by Crippen LogP contribution is 2.35. The molecule has 1 aliphatic rings. The van der Waals surface area contributed by atoms with Crippen LogP contribution >= 0.6 is 22.9 Å². The lowest BCUT2D eigenvalue weighted by molar-refractivity contribution is -0.131. The molecule has 2 aromatic heterocycles. The number of aromatic nitrogens is 2. The zero-order chi connectivity index (χ0) is 15.9. The molecule has 0 radical (unpaired) electrons. The maximum absolute atomic E-state index is 12.6. The Morgan fingerprint density at radius 3 is 2.68 bits per heavy atom. The predicted molar refractivity (Wildman–Crippen MR) is 79.4 cm³/mol. The largest absolute Gasteiger partial charge is 0.423 e. The summed E-state index contributed by atoms with van der Waals surface area (Å²) in [6, 6.07) is 2.94. The molecule has 0 aromatic carbocycles. The van der Waals surface area contributed by atoms with E-state index in [4.69, 9.17) is 16.0 Å². The molecular weight excluding hydrogens is 328 g/mol. The van der Waals surface area contributed by atoms with Crippen molar-refractivity contribution in [1.29, 1.82) is 0 Å². The number of halogens is 1. The summed E-state index contributed by atoms with van der Waals surface area (Å²) in [7, 11) is 0. The minimum Gasteiger partial charge on any atom is -0.423 e. The van der Waals surface area contributed by atoms with E-state index in [0.717, 1.165) is 4.90 Å². The third kappa shape index (κ3) is 2.38. The molecule has 7 nitrogen and oxygen atoms in total. The van der Waals surface area contributed by atoms with Crippen LogP contribution in [0.1, 0.15) is 30.5 Å². The van der Waals surface area contributed by atoms with Crippen molar-refractivity contribution in [3.8, 4) is 0 Å². The highest BCUT2D eigenvalue weighted by Gasteiger charge is 2.50. The van der Waals surface area contributed by atoms with Gasteiger partial charge in [0.25, 0.3) is 5.91 Å². The molecule has 9 heteroatoms. The van der Waals surface area contributed by atoms with Crippen LogP contribution in [0.25, 0.3) is 0 Å². The van der Waals surface area contributed by atoms with Gasteiger partial charge in [0.1, 0.15) is 6.54 Å². The van der Waals surface area contributed by atoms with Crippen molar-refractivity contribution < 1.29 is 14.0 Å². The van der Waals surface area contributed by atoms with E-state index < -0.39 is 11.6 Å². The average Bonchev–Trinajstić information content (AvgIpc) is 3.16. The second-order valence-electron chi connectivity index (χ2n) is 4.99. The molecular formula is C13H13ClN4O3S. The van der Waals surface area contributed by atoms with Crippen LogP contribution in [0.2, 0.25) is 4.34 Å². The molecule has 1 N–H and O–H groups in total. The van der Waals surface area contributed by atoms with Crippen LogP contribution in [0, 0.1) is 0 Å². The minimum atomic E-state index is -1.12. The number of nitrogens with one attached hydrogen (secondary N) is 1. The van der Waals surface area contributed by atoms with Gasteiger partial charge in [-0.2, -0.15) is 0 Å². The van der Waals surface area contributed by atoms with E-state index in [0.29, 0.717) is 21.5 Å². The van der Waals surface area contributed by atoms with Gasteiger partial charge in [0, 0.05) is 11.3 Å². The van der Waals surface area contributed by atoms with Crippen molar-refractivity contribution in [1.82, 2.24) is 20.4 Å². The van der Waals surface area contributed by atoms with Gasteiger partial charge in [-0.15, -0.1) is 21.5 Å². The Morgan fingerprint density at radius 2 is 2.09 bits per heavy atom. The van der Waals surface area contributed by atoms with Crippen LogP contribution in [0.4, 0.5) is 4.79 Å². The Hall–Kier alpha value is -1.93. The normalized spacial score (nSPS) is 21.5. The van der Waals surface area contributed by atoms with E-state index in [1.54, 1.807) is 19.1 Å². The Kier molecular flexibility index (Phi) is 3.65. The second kappa shape index (κ2) is 5.36. The number of nitrogens with zero attached hydrogens (tertiary/aromatic N) is 3. The van der Waals surface area contributed by atoms with Gasteiger partial charge in [-0.1, -0.05) is 18.5 Å². The van der Waals surface area contributed by atoms with Gasteiger partial charge in [0.15, 0.2) is 5.54 Å². The van der Waals surface area contributed by atoms with Crippen molar-refractivity contribution in [2.75, 3.05) is 0 Å². The van der Waals surface area contributed by atoms with E-state index in [1.807, 2.05) is 6.92 Å². The Bertz CT molecular complexity index is 743. The number of hydrogen-bond donors (Lipinski definition) is 1. The third-order valence-electron chi connectivity index (χ3n) is 3.45. The van der Waals surface area contributed by atoms with Gasteiger partial charge in [0.05, 0.1) is 4.34 Å². The van der Waals surface area contributed by atoms with Crippen LogP contribution in [-0.2, 0) is 23.3 Å². The number of rotatable bonds is 4. The molecule has 1 atom stereocenters. The smallest absolute Gasteiger partial charge is 0.325 e. The van der Waals surface area contributed by atoms with E-state index >= 15 is 0 Å². The standard InChI is InChI=1S/C13H13ClN4O3S/c1-3-9-16-17-10(21-9)6-18-11(19)13(2,15-12(18)20)7-4-5-8(14)22-7/h4-5H,3,6H2,1-2H3,(H,15,20). The van der Waals surface area contributed by atoms with Gasteiger partial charge in [-0.25, -0.2) is 4.79 Å². The summed E-state index contributed by atoms with van der Waals surface area (Å²) in [5, 5.41) is 10.4. The first-order valence-electron chi connectivity index (χ1n) is 6.65. The first-order chi connectivity index (χ1) is 10.4. The van der Waals surface area contributed by atoms with E-state index in [9.17, 15) is 9.59 Å². The molecule has 3 amide bonds. The maximum Gasteiger partial charge on any atom is 0.325 e. The number of imide groups is 1. The van der Waals surface area contributed by atoms with Crippen LogP contribution in [0.15, 0.2) is 16.5 Å². The summed E-state index contributed by atoms with van der Waals surface area (Å²) in [5.41, 5.74) is -1.12. The van der Waals surface area contributed by atoms with E-state index in [1.165, 1.54) is 11.3 Å². The summed E-state index contributed by atoms with van der Waals surface area (Å²) < 4.78 is 5.91. The lowest BCUT2D eigenvalue weighted by atomic mass is 10.0. The number of aryl methyl sites for hydroxylation is 1. The molecule has 0 spiro atoms. The quantitative estimate of drug-likeness (QED) is 0.863. The van der Waals surface area contributed by atoms with Gasteiger partial charge in [-0.05, 0) is 19.1 Å². The monoisotopic (exact) mass is 340 g/mol. The topological polar surface area (TPSA) is 88.3 Å².